The molecule has 1 N–H and O–H groups in total. The van der Waals surface area contributed by atoms with Gasteiger partial charge in [0.2, 0.25) is 5.91 Å². The Morgan fingerprint density at radius 3 is 2.50 bits per heavy atom. The van der Waals surface area contributed by atoms with E-state index in [1.54, 1.807) is 0 Å². The first-order chi connectivity index (χ1) is 10.6. The van der Waals surface area contributed by atoms with Gasteiger partial charge in [-0.05, 0) is 24.1 Å². The lowest BCUT2D eigenvalue weighted by Crippen LogP contribution is -2.47. The molecule has 4 nitrogen and oxygen atoms in total. The fraction of sp³-hybridized carbons (Fsp3) is 0.562. The standard InChI is InChI=1S/C16H21F2N3O/c17-14-1-2-15(18)13-11-20(7-3-12(13)14)8-4-16(22)21-9-5-19-6-10-21/h1-2,19H,3-11H2. The van der Waals surface area contributed by atoms with Crippen molar-refractivity contribution >= 4 is 5.91 Å². The number of nitrogens with zero attached hydrogens (tertiary/aromatic N) is 2. The second kappa shape index (κ2) is 6.71. The van der Waals surface area contributed by atoms with Crippen LogP contribution in [0.15, 0.2) is 12.1 Å². The third kappa shape index (κ3) is 3.28. The number of carbonyl (C=O) groups is 1. The number of hydrogen-bond acceptors (Lipinski definition) is 3. The summed E-state index contributed by atoms with van der Waals surface area (Å²) in [5, 5.41) is 3.22. The van der Waals surface area contributed by atoms with Crippen LogP contribution in [0.25, 0.3) is 0 Å². The average Bonchev–Trinajstić information content (AvgIpc) is 2.57. The summed E-state index contributed by atoms with van der Waals surface area (Å²) in [6.07, 6.45) is 0.938. The van der Waals surface area contributed by atoms with Crippen LogP contribution in [0.4, 0.5) is 8.78 Å². The fourth-order valence-corrected chi connectivity index (χ4v) is 3.17. The largest absolute Gasteiger partial charge is 0.340 e. The minimum atomic E-state index is -0.352. The molecule has 2 aliphatic rings. The Morgan fingerprint density at radius 2 is 1.77 bits per heavy atom. The maximum Gasteiger partial charge on any atom is 0.223 e. The number of nitrogens with one attached hydrogen (secondary N) is 1. The van der Waals surface area contributed by atoms with Crippen molar-refractivity contribution in [2.45, 2.75) is 19.4 Å². The van der Waals surface area contributed by atoms with Crippen LogP contribution in [0.5, 0.6) is 0 Å². The molecule has 0 aromatic heterocycles. The molecule has 1 saturated heterocycles. The smallest absolute Gasteiger partial charge is 0.223 e. The zero-order valence-corrected chi connectivity index (χ0v) is 12.6. The third-order valence-electron chi connectivity index (χ3n) is 4.49. The summed E-state index contributed by atoms with van der Waals surface area (Å²) in [7, 11) is 0. The Bertz CT molecular complexity index is 559. The van der Waals surface area contributed by atoms with Crippen LogP contribution in [0.2, 0.25) is 0 Å². The molecule has 0 spiro atoms. The van der Waals surface area contributed by atoms with Crippen molar-refractivity contribution in [2.75, 3.05) is 39.3 Å². The van der Waals surface area contributed by atoms with Crippen LogP contribution in [0.1, 0.15) is 17.5 Å². The molecule has 120 valence electrons. The van der Waals surface area contributed by atoms with Gasteiger partial charge < -0.3 is 10.2 Å². The monoisotopic (exact) mass is 309 g/mol. The molecule has 1 fully saturated rings. The molecule has 0 unspecified atom stereocenters. The molecule has 2 heterocycles. The second-order valence-corrected chi connectivity index (χ2v) is 5.89. The van der Waals surface area contributed by atoms with E-state index >= 15 is 0 Å². The average molecular weight is 309 g/mol. The Kier molecular flexibility index (Phi) is 4.69. The van der Waals surface area contributed by atoms with E-state index in [1.807, 2.05) is 9.80 Å². The van der Waals surface area contributed by atoms with E-state index in [0.717, 1.165) is 26.2 Å². The number of rotatable bonds is 3. The zero-order valence-electron chi connectivity index (χ0n) is 12.6. The number of piperazine rings is 1. The molecule has 1 amide bonds. The van der Waals surface area contributed by atoms with E-state index in [2.05, 4.69) is 5.32 Å². The van der Waals surface area contributed by atoms with Crippen LogP contribution >= 0.6 is 0 Å². The normalized spacial score (nSPS) is 19.1. The summed E-state index contributed by atoms with van der Waals surface area (Å²) in [6.45, 7) is 4.83. The molecular weight excluding hydrogens is 288 g/mol. The second-order valence-electron chi connectivity index (χ2n) is 5.89. The molecular formula is C16H21F2N3O. The first-order valence-electron chi connectivity index (χ1n) is 7.82. The SMILES string of the molecule is O=C(CCN1CCc2c(F)ccc(F)c2C1)N1CCNCC1. The highest BCUT2D eigenvalue weighted by molar-refractivity contribution is 5.76. The summed E-state index contributed by atoms with van der Waals surface area (Å²) < 4.78 is 27.5. The number of halogens is 2. The van der Waals surface area contributed by atoms with Crippen molar-refractivity contribution in [3.05, 3.63) is 34.9 Å². The van der Waals surface area contributed by atoms with Crippen molar-refractivity contribution in [2.24, 2.45) is 0 Å². The van der Waals surface area contributed by atoms with Crippen LogP contribution in [-0.4, -0.2) is 55.0 Å². The summed E-state index contributed by atoms with van der Waals surface area (Å²) in [6, 6.07) is 2.38. The van der Waals surface area contributed by atoms with Crippen LogP contribution < -0.4 is 5.32 Å². The van der Waals surface area contributed by atoms with Gasteiger partial charge in [-0.15, -0.1) is 0 Å². The molecule has 1 aromatic carbocycles. The lowest BCUT2D eigenvalue weighted by atomic mass is 9.98. The van der Waals surface area contributed by atoms with Crippen molar-refractivity contribution in [3.63, 3.8) is 0 Å². The molecule has 0 aliphatic carbocycles. The first-order valence-corrected chi connectivity index (χ1v) is 7.82. The van der Waals surface area contributed by atoms with E-state index in [0.29, 0.717) is 43.6 Å². The molecule has 22 heavy (non-hydrogen) atoms. The van der Waals surface area contributed by atoms with E-state index in [9.17, 15) is 13.6 Å². The molecule has 0 atom stereocenters. The van der Waals surface area contributed by atoms with Gasteiger partial charge in [0.15, 0.2) is 0 Å². The van der Waals surface area contributed by atoms with Gasteiger partial charge in [-0.1, -0.05) is 0 Å². The molecule has 1 aromatic rings. The Hall–Kier alpha value is -1.53. The van der Waals surface area contributed by atoms with Gasteiger partial charge in [-0.25, -0.2) is 8.78 Å². The molecule has 0 bridgehead atoms. The number of carbonyl (C=O) groups excluding carboxylic acids is 1. The predicted octanol–water partition coefficient (Wildman–Crippen LogP) is 1.14. The maximum absolute atomic E-state index is 13.8. The summed E-state index contributed by atoms with van der Waals surface area (Å²) in [4.78, 5) is 16.0. The molecule has 2 aliphatic heterocycles. The van der Waals surface area contributed by atoms with Gasteiger partial charge in [-0.3, -0.25) is 9.69 Å². The number of amides is 1. The van der Waals surface area contributed by atoms with Crippen molar-refractivity contribution in [1.82, 2.24) is 15.1 Å². The van der Waals surface area contributed by atoms with Crippen LogP contribution in [0.3, 0.4) is 0 Å². The van der Waals surface area contributed by atoms with Gasteiger partial charge in [0.25, 0.3) is 0 Å². The lowest BCUT2D eigenvalue weighted by Gasteiger charge is -2.31. The summed E-state index contributed by atoms with van der Waals surface area (Å²) >= 11 is 0. The Labute approximate surface area is 129 Å². The van der Waals surface area contributed by atoms with E-state index in [-0.39, 0.29) is 17.5 Å². The van der Waals surface area contributed by atoms with Gasteiger partial charge in [0, 0.05) is 57.8 Å². The van der Waals surface area contributed by atoms with Crippen LogP contribution in [0, 0.1) is 11.6 Å². The topological polar surface area (TPSA) is 35.6 Å². The Morgan fingerprint density at radius 1 is 1.09 bits per heavy atom. The van der Waals surface area contributed by atoms with Gasteiger partial charge >= 0.3 is 0 Å². The van der Waals surface area contributed by atoms with Crippen LogP contribution in [-0.2, 0) is 17.8 Å². The number of benzene rings is 1. The maximum atomic E-state index is 13.8. The molecule has 0 saturated carbocycles. The fourth-order valence-electron chi connectivity index (χ4n) is 3.17. The van der Waals surface area contributed by atoms with Gasteiger partial charge in [-0.2, -0.15) is 0 Å². The highest BCUT2D eigenvalue weighted by atomic mass is 19.1. The molecule has 3 rings (SSSR count). The third-order valence-corrected chi connectivity index (χ3v) is 4.49. The summed E-state index contributed by atoms with van der Waals surface area (Å²) in [5.41, 5.74) is 0.936. The number of hydrogen-bond donors (Lipinski definition) is 1. The molecule has 6 heteroatoms. The van der Waals surface area contributed by atoms with E-state index in [1.165, 1.54) is 12.1 Å². The first kappa shape index (κ1) is 15.4. The van der Waals surface area contributed by atoms with Gasteiger partial charge in [0.1, 0.15) is 11.6 Å². The predicted molar refractivity (Wildman–Crippen MR) is 79.4 cm³/mol. The highest BCUT2D eigenvalue weighted by Crippen LogP contribution is 2.24. The minimum Gasteiger partial charge on any atom is -0.340 e. The van der Waals surface area contributed by atoms with E-state index in [4.69, 9.17) is 0 Å². The Balaban J connectivity index is 1.56. The molecule has 0 radical (unpaired) electrons. The zero-order chi connectivity index (χ0) is 15.5. The minimum absolute atomic E-state index is 0.145. The van der Waals surface area contributed by atoms with Crippen molar-refractivity contribution in [1.29, 1.82) is 0 Å². The highest BCUT2D eigenvalue weighted by Gasteiger charge is 2.23. The quantitative estimate of drug-likeness (QED) is 0.910. The van der Waals surface area contributed by atoms with Crippen molar-refractivity contribution < 1.29 is 13.6 Å². The lowest BCUT2D eigenvalue weighted by molar-refractivity contribution is -0.132. The van der Waals surface area contributed by atoms with Gasteiger partial charge in [0.05, 0.1) is 0 Å². The summed E-state index contributed by atoms with van der Waals surface area (Å²) in [5.74, 6) is -0.533. The van der Waals surface area contributed by atoms with Crippen molar-refractivity contribution in [3.8, 4) is 0 Å². The van der Waals surface area contributed by atoms with E-state index < -0.39 is 0 Å². The number of fused-ring (bicyclic) bond motifs is 1.